The summed E-state index contributed by atoms with van der Waals surface area (Å²) in [5.74, 6) is 1.68. The van der Waals surface area contributed by atoms with E-state index in [4.69, 9.17) is 0 Å². The van der Waals surface area contributed by atoms with E-state index >= 15 is 0 Å². The summed E-state index contributed by atoms with van der Waals surface area (Å²) in [5, 5.41) is 0. The summed E-state index contributed by atoms with van der Waals surface area (Å²) in [6, 6.07) is 0. The summed E-state index contributed by atoms with van der Waals surface area (Å²) >= 11 is 0. The first-order valence-corrected chi connectivity index (χ1v) is 5.10. The second-order valence-electron chi connectivity index (χ2n) is 3.83. The molecule has 0 atom stereocenters. The van der Waals surface area contributed by atoms with Gasteiger partial charge >= 0.3 is 0 Å². The van der Waals surface area contributed by atoms with Crippen LogP contribution in [-0.4, -0.2) is 19.9 Å². The van der Waals surface area contributed by atoms with Gasteiger partial charge in [-0.25, -0.2) is 15.0 Å². The third-order valence-electron chi connectivity index (χ3n) is 2.89. The van der Waals surface area contributed by atoms with E-state index in [2.05, 4.69) is 19.9 Å². The topological polar surface area (TPSA) is 54.5 Å². The number of aromatic nitrogens is 4. The fourth-order valence-corrected chi connectivity index (χ4v) is 2.16. The lowest BCUT2D eigenvalue weighted by Crippen LogP contribution is -1.94. The predicted molar refractivity (Wildman–Crippen MR) is 52.9 cm³/mol. The molecule has 1 N–H and O–H groups in total. The van der Waals surface area contributed by atoms with Crippen LogP contribution in [0.4, 0.5) is 0 Å². The summed E-state index contributed by atoms with van der Waals surface area (Å²) in [7, 11) is 0. The number of aromatic amines is 1. The van der Waals surface area contributed by atoms with Gasteiger partial charge in [0.1, 0.15) is 5.82 Å². The fraction of sp³-hybridized carbons (Fsp3) is 0.500. The van der Waals surface area contributed by atoms with Crippen LogP contribution >= 0.6 is 0 Å². The Morgan fingerprint density at radius 3 is 2.71 bits per heavy atom. The van der Waals surface area contributed by atoms with Gasteiger partial charge < -0.3 is 4.98 Å². The Morgan fingerprint density at radius 1 is 1.14 bits per heavy atom. The molecule has 2 aromatic heterocycles. The van der Waals surface area contributed by atoms with E-state index < -0.39 is 0 Å². The summed E-state index contributed by atoms with van der Waals surface area (Å²) in [5.41, 5.74) is 1.56. The summed E-state index contributed by atoms with van der Waals surface area (Å²) in [4.78, 5) is 16.1. The van der Waals surface area contributed by atoms with Crippen LogP contribution in [0.1, 0.15) is 37.4 Å². The minimum absolute atomic E-state index is 0.603. The first-order chi connectivity index (χ1) is 6.93. The normalized spacial score (nSPS) is 18.0. The van der Waals surface area contributed by atoms with Gasteiger partial charge in [-0.2, -0.15) is 0 Å². The quantitative estimate of drug-likeness (QED) is 0.744. The smallest absolute Gasteiger partial charge is 0.197 e. The third-order valence-corrected chi connectivity index (χ3v) is 2.89. The lowest BCUT2D eigenvalue weighted by Gasteiger charge is -2.02. The average molecular weight is 188 g/mol. The van der Waals surface area contributed by atoms with E-state index in [-0.39, 0.29) is 0 Å². The Morgan fingerprint density at radius 2 is 1.93 bits per heavy atom. The van der Waals surface area contributed by atoms with E-state index in [9.17, 15) is 0 Å². The first kappa shape index (κ1) is 7.91. The molecular formula is C10H12N4. The Kier molecular flexibility index (Phi) is 1.72. The Labute approximate surface area is 81.8 Å². The number of fused-ring (bicyclic) bond motifs is 1. The molecular weight excluding hydrogens is 176 g/mol. The molecule has 0 aromatic carbocycles. The summed E-state index contributed by atoms with van der Waals surface area (Å²) in [6.45, 7) is 0. The molecule has 0 unspecified atom stereocenters. The van der Waals surface area contributed by atoms with Crippen LogP contribution in [0, 0.1) is 0 Å². The number of imidazole rings is 1. The molecule has 0 amide bonds. The average Bonchev–Trinajstić information content (AvgIpc) is 2.86. The SMILES string of the molecule is c1cnc2[nH]c(C3CCCC3)nc2n1. The molecule has 2 aromatic rings. The van der Waals surface area contributed by atoms with Crippen molar-refractivity contribution in [3.8, 4) is 0 Å². The van der Waals surface area contributed by atoms with Crippen molar-refractivity contribution >= 4 is 11.3 Å². The highest BCUT2D eigenvalue weighted by Crippen LogP contribution is 2.32. The molecule has 72 valence electrons. The van der Waals surface area contributed by atoms with E-state index in [1.54, 1.807) is 12.4 Å². The zero-order valence-corrected chi connectivity index (χ0v) is 7.90. The van der Waals surface area contributed by atoms with Gasteiger partial charge in [0, 0.05) is 18.3 Å². The van der Waals surface area contributed by atoms with Crippen molar-refractivity contribution in [2.75, 3.05) is 0 Å². The largest absolute Gasteiger partial charge is 0.325 e. The number of rotatable bonds is 1. The second-order valence-corrected chi connectivity index (χ2v) is 3.83. The highest BCUT2D eigenvalue weighted by Gasteiger charge is 2.20. The Bertz CT molecular complexity index is 409. The summed E-state index contributed by atoms with van der Waals surface area (Å²) in [6.07, 6.45) is 8.52. The van der Waals surface area contributed by atoms with E-state index in [0.717, 1.165) is 17.1 Å². The maximum absolute atomic E-state index is 4.47. The Balaban J connectivity index is 2.05. The van der Waals surface area contributed by atoms with Gasteiger partial charge in [0.15, 0.2) is 11.3 Å². The van der Waals surface area contributed by atoms with Crippen LogP contribution in [0.3, 0.4) is 0 Å². The molecule has 4 nitrogen and oxygen atoms in total. The van der Waals surface area contributed by atoms with Crippen LogP contribution < -0.4 is 0 Å². The highest BCUT2D eigenvalue weighted by molar-refractivity contribution is 5.64. The predicted octanol–water partition coefficient (Wildman–Crippen LogP) is 2.01. The lowest BCUT2D eigenvalue weighted by molar-refractivity contribution is 0.680. The molecule has 0 spiro atoms. The van der Waals surface area contributed by atoms with Crippen LogP contribution in [-0.2, 0) is 0 Å². The maximum Gasteiger partial charge on any atom is 0.197 e. The monoisotopic (exact) mass is 188 g/mol. The van der Waals surface area contributed by atoms with Gasteiger partial charge in [0.05, 0.1) is 0 Å². The minimum atomic E-state index is 0.603. The molecule has 0 radical (unpaired) electrons. The van der Waals surface area contributed by atoms with Crippen molar-refractivity contribution in [3.05, 3.63) is 18.2 Å². The lowest BCUT2D eigenvalue weighted by atomic mass is 10.1. The molecule has 0 bridgehead atoms. The molecule has 4 heteroatoms. The molecule has 1 saturated carbocycles. The van der Waals surface area contributed by atoms with Crippen LogP contribution in [0.15, 0.2) is 12.4 Å². The standard InChI is InChI=1S/C10H12N4/c1-2-4-7(3-1)8-13-9-10(14-8)12-6-5-11-9/h5-7H,1-4H2,(H,11,12,13,14). The molecule has 0 saturated heterocycles. The van der Waals surface area contributed by atoms with E-state index in [0.29, 0.717) is 5.92 Å². The van der Waals surface area contributed by atoms with E-state index in [1.807, 2.05) is 0 Å². The second kappa shape index (κ2) is 3.04. The molecule has 0 aliphatic heterocycles. The van der Waals surface area contributed by atoms with Crippen molar-refractivity contribution in [2.24, 2.45) is 0 Å². The summed E-state index contributed by atoms with van der Waals surface area (Å²) < 4.78 is 0. The van der Waals surface area contributed by atoms with Gasteiger partial charge in [-0.1, -0.05) is 12.8 Å². The highest BCUT2D eigenvalue weighted by atomic mass is 15.0. The van der Waals surface area contributed by atoms with Crippen molar-refractivity contribution in [2.45, 2.75) is 31.6 Å². The van der Waals surface area contributed by atoms with Crippen LogP contribution in [0.25, 0.3) is 11.3 Å². The van der Waals surface area contributed by atoms with Crippen molar-refractivity contribution in [1.82, 2.24) is 19.9 Å². The van der Waals surface area contributed by atoms with Crippen molar-refractivity contribution in [1.29, 1.82) is 0 Å². The number of nitrogens with zero attached hydrogens (tertiary/aromatic N) is 3. The molecule has 1 fully saturated rings. The van der Waals surface area contributed by atoms with Gasteiger partial charge in [0.25, 0.3) is 0 Å². The van der Waals surface area contributed by atoms with Crippen LogP contribution in [0.5, 0.6) is 0 Å². The number of H-pyrrole nitrogens is 1. The Hall–Kier alpha value is -1.45. The molecule has 1 aliphatic rings. The maximum atomic E-state index is 4.47. The minimum Gasteiger partial charge on any atom is -0.325 e. The van der Waals surface area contributed by atoms with Gasteiger partial charge in [-0.05, 0) is 12.8 Å². The van der Waals surface area contributed by atoms with Crippen molar-refractivity contribution < 1.29 is 0 Å². The third kappa shape index (κ3) is 1.18. The number of hydrogen-bond donors (Lipinski definition) is 1. The fourth-order valence-electron chi connectivity index (χ4n) is 2.16. The van der Waals surface area contributed by atoms with Crippen LogP contribution in [0.2, 0.25) is 0 Å². The van der Waals surface area contributed by atoms with E-state index in [1.165, 1.54) is 25.7 Å². The van der Waals surface area contributed by atoms with Crippen molar-refractivity contribution in [3.63, 3.8) is 0 Å². The van der Waals surface area contributed by atoms with Gasteiger partial charge in [0.2, 0.25) is 0 Å². The molecule has 3 rings (SSSR count). The van der Waals surface area contributed by atoms with Gasteiger partial charge in [-0.3, -0.25) is 0 Å². The molecule has 2 heterocycles. The zero-order valence-electron chi connectivity index (χ0n) is 7.90. The first-order valence-electron chi connectivity index (χ1n) is 5.10. The van der Waals surface area contributed by atoms with Gasteiger partial charge in [-0.15, -0.1) is 0 Å². The number of hydrogen-bond acceptors (Lipinski definition) is 3. The zero-order chi connectivity index (χ0) is 9.38. The number of nitrogens with one attached hydrogen (secondary N) is 1. The molecule has 1 aliphatic carbocycles. The molecule has 14 heavy (non-hydrogen) atoms.